The second-order valence-corrected chi connectivity index (χ2v) is 4.92. The van der Waals surface area contributed by atoms with Gasteiger partial charge in [-0.1, -0.05) is 0 Å². The molecule has 0 aliphatic carbocycles. The van der Waals surface area contributed by atoms with Gasteiger partial charge in [-0.25, -0.2) is 9.97 Å². The van der Waals surface area contributed by atoms with Gasteiger partial charge >= 0.3 is 0 Å². The highest BCUT2D eigenvalue weighted by molar-refractivity contribution is 5.94. The highest BCUT2D eigenvalue weighted by atomic mass is 16.3. The molecule has 3 aromatic rings. The van der Waals surface area contributed by atoms with Crippen molar-refractivity contribution in [3.63, 3.8) is 0 Å². The maximum Gasteiger partial charge on any atom is 0.272 e. The van der Waals surface area contributed by atoms with E-state index < -0.39 is 0 Å². The fraction of sp³-hybridized carbons (Fsp3) is 0.188. The van der Waals surface area contributed by atoms with Gasteiger partial charge in [-0.2, -0.15) is 0 Å². The molecule has 0 aromatic carbocycles. The molecule has 0 atom stereocenters. The Morgan fingerprint density at radius 1 is 1.24 bits per heavy atom. The molecule has 106 valence electrons. The Hall–Kier alpha value is -2.69. The molecule has 0 spiro atoms. The van der Waals surface area contributed by atoms with E-state index in [9.17, 15) is 4.79 Å². The Morgan fingerprint density at radius 2 is 2.10 bits per heavy atom. The predicted molar refractivity (Wildman–Crippen MR) is 78.8 cm³/mol. The molecule has 3 aromatic heterocycles. The van der Waals surface area contributed by atoms with E-state index in [2.05, 4.69) is 9.97 Å². The number of furan rings is 1. The molecule has 0 N–H and O–H groups in total. The molecule has 0 bridgehead atoms. The smallest absolute Gasteiger partial charge is 0.272 e. The molecule has 3 rings (SSSR count). The molecular formula is C16H15N3O2. The topological polar surface area (TPSA) is 59.2 Å². The Labute approximate surface area is 122 Å². The molecule has 0 saturated carbocycles. The standard InChI is InChI=1S/C16H15N3O2/c1-11-5-7-13(21-11)10-19(2)16(20)14-8-6-12-4-3-9-17-15(12)18-14/h3-9H,10H2,1-2H3. The molecular weight excluding hydrogens is 266 g/mol. The Balaban J connectivity index is 1.82. The fourth-order valence-electron chi connectivity index (χ4n) is 2.14. The number of nitrogens with zero attached hydrogens (tertiary/aromatic N) is 3. The van der Waals surface area contributed by atoms with E-state index in [0.29, 0.717) is 17.9 Å². The van der Waals surface area contributed by atoms with Crippen molar-refractivity contribution in [2.45, 2.75) is 13.5 Å². The molecule has 0 aliphatic rings. The van der Waals surface area contributed by atoms with Crippen LogP contribution in [0.1, 0.15) is 22.0 Å². The zero-order valence-corrected chi connectivity index (χ0v) is 11.9. The van der Waals surface area contributed by atoms with Crippen molar-refractivity contribution in [1.29, 1.82) is 0 Å². The zero-order chi connectivity index (χ0) is 14.8. The van der Waals surface area contributed by atoms with Gasteiger partial charge in [0, 0.05) is 18.6 Å². The van der Waals surface area contributed by atoms with Crippen molar-refractivity contribution in [3.8, 4) is 0 Å². The summed E-state index contributed by atoms with van der Waals surface area (Å²) >= 11 is 0. The molecule has 0 aliphatic heterocycles. The number of carbonyl (C=O) groups excluding carboxylic acids is 1. The minimum atomic E-state index is -0.156. The Bertz CT molecular complexity index is 795. The molecule has 21 heavy (non-hydrogen) atoms. The predicted octanol–water partition coefficient (Wildman–Crippen LogP) is 2.80. The average molecular weight is 281 g/mol. The fourth-order valence-corrected chi connectivity index (χ4v) is 2.14. The summed E-state index contributed by atoms with van der Waals surface area (Å²) in [6.07, 6.45) is 1.67. The third-order valence-corrected chi connectivity index (χ3v) is 3.22. The van der Waals surface area contributed by atoms with Crippen LogP contribution in [0.25, 0.3) is 11.0 Å². The van der Waals surface area contributed by atoms with Crippen molar-refractivity contribution < 1.29 is 9.21 Å². The van der Waals surface area contributed by atoms with E-state index in [1.807, 2.05) is 37.3 Å². The van der Waals surface area contributed by atoms with Crippen molar-refractivity contribution in [2.75, 3.05) is 7.05 Å². The first-order valence-corrected chi connectivity index (χ1v) is 6.66. The highest BCUT2D eigenvalue weighted by Gasteiger charge is 2.15. The lowest BCUT2D eigenvalue weighted by molar-refractivity contribution is 0.0769. The minimum absolute atomic E-state index is 0.156. The number of pyridine rings is 2. The monoisotopic (exact) mass is 281 g/mol. The molecule has 1 amide bonds. The number of rotatable bonds is 3. The van der Waals surface area contributed by atoms with Gasteiger partial charge in [-0.15, -0.1) is 0 Å². The van der Waals surface area contributed by atoms with Gasteiger partial charge in [-0.05, 0) is 43.3 Å². The van der Waals surface area contributed by atoms with E-state index in [-0.39, 0.29) is 5.91 Å². The number of hydrogen-bond donors (Lipinski definition) is 0. The van der Waals surface area contributed by atoms with E-state index in [4.69, 9.17) is 4.42 Å². The van der Waals surface area contributed by atoms with Crippen LogP contribution in [-0.2, 0) is 6.54 Å². The van der Waals surface area contributed by atoms with Crippen LogP contribution < -0.4 is 0 Å². The summed E-state index contributed by atoms with van der Waals surface area (Å²) in [5.74, 6) is 1.43. The van der Waals surface area contributed by atoms with E-state index in [1.54, 1.807) is 24.2 Å². The van der Waals surface area contributed by atoms with Crippen molar-refractivity contribution >= 4 is 16.9 Å². The normalized spacial score (nSPS) is 10.8. The van der Waals surface area contributed by atoms with Crippen LogP contribution in [-0.4, -0.2) is 27.8 Å². The third kappa shape index (κ3) is 2.76. The van der Waals surface area contributed by atoms with Gasteiger partial charge in [0.1, 0.15) is 17.2 Å². The number of aromatic nitrogens is 2. The van der Waals surface area contributed by atoms with Crippen molar-refractivity contribution in [2.24, 2.45) is 0 Å². The van der Waals surface area contributed by atoms with Crippen LogP contribution in [0.5, 0.6) is 0 Å². The minimum Gasteiger partial charge on any atom is -0.464 e. The van der Waals surface area contributed by atoms with Gasteiger partial charge in [0.05, 0.1) is 6.54 Å². The van der Waals surface area contributed by atoms with Gasteiger partial charge in [0.25, 0.3) is 5.91 Å². The van der Waals surface area contributed by atoms with Crippen LogP contribution in [0.3, 0.4) is 0 Å². The molecule has 5 heteroatoms. The first-order chi connectivity index (χ1) is 10.1. The van der Waals surface area contributed by atoms with Crippen molar-refractivity contribution in [3.05, 3.63) is 59.8 Å². The number of hydrogen-bond acceptors (Lipinski definition) is 4. The number of carbonyl (C=O) groups is 1. The lowest BCUT2D eigenvalue weighted by atomic mass is 10.2. The summed E-state index contributed by atoms with van der Waals surface area (Å²) < 4.78 is 5.48. The van der Waals surface area contributed by atoms with E-state index >= 15 is 0 Å². The molecule has 0 saturated heterocycles. The average Bonchev–Trinajstić information content (AvgIpc) is 2.91. The van der Waals surface area contributed by atoms with Crippen LogP contribution in [0, 0.1) is 6.92 Å². The maximum absolute atomic E-state index is 12.4. The van der Waals surface area contributed by atoms with Gasteiger partial charge in [0.2, 0.25) is 0 Å². The maximum atomic E-state index is 12.4. The SMILES string of the molecule is Cc1ccc(CN(C)C(=O)c2ccc3cccnc3n2)o1. The highest BCUT2D eigenvalue weighted by Crippen LogP contribution is 2.13. The first-order valence-electron chi connectivity index (χ1n) is 6.66. The molecule has 0 radical (unpaired) electrons. The summed E-state index contributed by atoms with van der Waals surface area (Å²) in [6, 6.07) is 11.1. The summed E-state index contributed by atoms with van der Waals surface area (Å²) in [6.45, 7) is 2.29. The third-order valence-electron chi connectivity index (χ3n) is 3.22. The summed E-state index contributed by atoms with van der Waals surface area (Å²) in [5.41, 5.74) is 0.956. The summed E-state index contributed by atoms with van der Waals surface area (Å²) in [4.78, 5) is 22.5. The van der Waals surface area contributed by atoms with E-state index in [0.717, 1.165) is 16.9 Å². The number of aryl methyl sites for hydroxylation is 1. The molecule has 3 heterocycles. The molecule has 0 fully saturated rings. The second kappa shape index (κ2) is 5.36. The largest absolute Gasteiger partial charge is 0.464 e. The molecule has 0 unspecified atom stereocenters. The van der Waals surface area contributed by atoms with E-state index in [1.165, 1.54) is 0 Å². The lowest BCUT2D eigenvalue weighted by Crippen LogP contribution is -2.26. The van der Waals surface area contributed by atoms with Gasteiger partial charge in [0.15, 0.2) is 5.65 Å². The quantitative estimate of drug-likeness (QED) is 0.740. The summed E-state index contributed by atoms with van der Waals surface area (Å²) in [7, 11) is 1.73. The summed E-state index contributed by atoms with van der Waals surface area (Å²) in [5, 5.41) is 0.915. The Kier molecular flexibility index (Phi) is 3.39. The number of fused-ring (bicyclic) bond motifs is 1. The van der Waals surface area contributed by atoms with Crippen LogP contribution in [0.2, 0.25) is 0 Å². The van der Waals surface area contributed by atoms with Crippen molar-refractivity contribution in [1.82, 2.24) is 14.9 Å². The first kappa shape index (κ1) is 13.3. The number of amides is 1. The van der Waals surface area contributed by atoms with Crippen LogP contribution in [0.15, 0.2) is 47.0 Å². The zero-order valence-electron chi connectivity index (χ0n) is 11.9. The van der Waals surface area contributed by atoms with Crippen LogP contribution in [0.4, 0.5) is 0 Å². The van der Waals surface area contributed by atoms with Gasteiger partial charge in [-0.3, -0.25) is 4.79 Å². The van der Waals surface area contributed by atoms with Gasteiger partial charge < -0.3 is 9.32 Å². The molecule has 5 nitrogen and oxygen atoms in total. The Morgan fingerprint density at radius 3 is 2.86 bits per heavy atom. The second-order valence-electron chi connectivity index (χ2n) is 4.92. The van der Waals surface area contributed by atoms with Crippen LogP contribution >= 0.6 is 0 Å². The lowest BCUT2D eigenvalue weighted by Gasteiger charge is -2.15.